The number of thiazole rings is 1. The van der Waals surface area contributed by atoms with Crippen LogP contribution >= 0.6 is 11.3 Å². The Balaban J connectivity index is 1.71. The van der Waals surface area contributed by atoms with Crippen LogP contribution in [0.2, 0.25) is 0 Å². The second kappa shape index (κ2) is 6.51. The van der Waals surface area contributed by atoms with Crippen molar-refractivity contribution in [3.63, 3.8) is 0 Å². The summed E-state index contributed by atoms with van der Waals surface area (Å²) in [5.41, 5.74) is 8.63. The number of hydrogen-bond donors (Lipinski definition) is 1. The fraction of sp³-hybridized carbons (Fsp3) is 0.471. The number of nitrogens with two attached hydrogens (primary N) is 1. The zero-order valence-electron chi connectivity index (χ0n) is 11.8. The van der Waals surface area contributed by atoms with Crippen LogP contribution in [0.25, 0.3) is 11.3 Å². The van der Waals surface area contributed by atoms with Crippen molar-refractivity contribution in [2.24, 2.45) is 11.7 Å². The molecule has 1 aromatic heterocycles. The molecule has 106 valence electrons. The lowest BCUT2D eigenvalue weighted by atomic mass is 9.92. The van der Waals surface area contributed by atoms with Crippen molar-refractivity contribution in [2.75, 3.05) is 0 Å². The highest BCUT2D eigenvalue weighted by atomic mass is 32.1. The van der Waals surface area contributed by atoms with E-state index in [1.54, 1.807) is 11.3 Å². The largest absolute Gasteiger partial charge is 0.327 e. The molecule has 20 heavy (non-hydrogen) atoms. The van der Waals surface area contributed by atoms with Crippen molar-refractivity contribution in [1.82, 2.24) is 4.98 Å². The lowest BCUT2D eigenvalue weighted by Gasteiger charge is -2.19. The molecule has 1 aromatic carbocycles. The molecule has 0 saturated heterocycles. The molecule has 3 heteroatoms. The molecular weight excluding hydrogens is 264 g/mol. The molecule has 2 nitrogen and oxygen atoms in total. The topological polar surface area (TPSA) is 38.9 Å². The maximum Gasteiger partial charge on any atom is 0.0935 e. The summed E-state index contributed by atoms with van der Waals surface area (Å²) in [6.07, 6.45) is 7.47. The summed E-state index contributed by atoms with van der Waals surface area (Å²) >= 11 is 1.78. The number of hydrogen-bond acceptors (Lipinski definition) is 3. The average Bonchev–Trinajstić information content (AvgIpc) is 2.86. The lowest BCUT2D eigenvalue weighted by Crippen LogP contribution is -2.30. The van der Waals surface area contributed by atoms with Gasteiger partial charge in [-0.2, -0.15) is 0 Å². The third kappa shape index (κ3) is 3.28. The highest BCUT2D eigenvalue weighted by molar-refractivity contribution is 7.09. The Bertz CT molecular complexity index is 535. The molecule has 2 unspecified atom stereocenters. The standard InChI is InChI=1S/C17H22N2S/c18-15-10-6-2-5-9-14(15)11-17-19-16(12-20-17)13-7-3-1-4-8-13/h1,3-4,7-8,12,14-15H,2,5-6,9-11,18H2. The molecule has 1 fully saturated rings. The first kappa shape index (κ1) is 13.8. The molecule has 0 bridgehead atoms. The summed E-state index contributed by atoms with van der Waals surface area (Å²) in [5.74, 6) is 0.618. The Hall–Kier alpha value is -1.19. The van der Waals surface area contributed by atoms with Crippen molar-refractivity contribution in [3.8, 4) is 11.3 Å². The van der Waals surface area contributed by atoms with E-state index in [2.05, 4.69) is 29.6 Å². The Morgan fingerprint density at radius 1 is 1.10 bits per heavy atom. The van der Waals surface area contributed by atoms with Crippen molar-refractivity contribution in [1.29, 1.82) is 0 Å². The van der Waals surface area contributed by atoms with Crippen LogP contribution in [0, 0.1) is 5.92 Å². The van der Waals surface area contributed by atoms with E-state index in [1.807, 2.05) is 6.07 Å². The van der Waals surface area contributed by atoms with Crippen LogP contribution in [0.4, 0.5) is 0 Å². The van der Waals surface area contributed by atoms with E-state index >= 15 is 0 Å². The highest BCUT2D eigenvalue weighted by Gasteiger charge is 2.21. The van der Waals surface area contributed by atoms with Crippen LogP contribution in [-0.2, 0) is 6.42 Å². The molecule has 0 radical (unpaired) electrons. The van der Waals surface area contributed by atoms with E-state index in [-0.39, 0.29) is 0 Å². The van der Waals surface area contributed by atoms with Crippen molar-refractivity contribution < 1.29 is 0 Å². The van der Waals surface area contributed by atoms with Crippen LogP contribution in [0.3, 0.4) is 0 Å². The molecule has 1 aliphatic carbocycles. The first-order chi connectivity index (χ1) is 9.83. The Labute approximate surface area is 125 Å². The minimum atomic E-state index is 0.363. The molecule has 0 spiro atoms. The summed E-state index contributed by atoms with van der Waals surface area (Å²) in [6.45, 7) is 0. The molecule has 2 N–H and O–H groups in total. The number of nitrogens with zero attached hydrogens (tertiary/aromatic N) is 1. The van der Waals surface area contributed by atoms with Gasteiger partial charge >= 0.3 is 0 Å². The predicted octanol–water partition coefficient (Wildman–Crippen LogP) is 4.26. The molecule has 2 aromatic rings. The molecule has 1 heterocycles. The molecule has 1 aliphatic rings. The van der Waals surface area contributed by atoms with Crippen LogP contribution in [0.5, 0.6) is 0 Å². The smallest absolute Gasteiger partial charge is 0.0935 e. The van der Waals surface area contributed by atoms with Crippen LogP contribution in [0.1, 0.15) is 37.1 Å². The molecule has 3 rings (SSSR count). The minimum Gasteiger partial charge on any atom is -0.327 e. The van der Waals surface area contributed by atoms with E-state index in [0.717, 1.165) is 12.1 Å². The quantitative estimate of drug-likeness (QED) is 0.856. The van der Waals surface area contributed by atoms with Crippen molar-refractivity contribution in [3.05, 3.63) is 40.7 Å². The van der Waals surface area contributed by atoms with Gasteiger partial charge in [-0.1, -0.05) is 49.6 Å². The third-order valence-electron chi connectivity index (χ3n) is 4.28. The summed E-state index contributed by atoms with van der Waals surface area (Å²) in [4.78, 5) is 4.80. The normalized spacial score (nSPS) is 23.4. The number of aromatic nitrogens is 1. The summed E-state index contributed by atoms with van der Waals surface area (Å²) in [6, 6.07) is 10.8. The Morgan fingerprint density at radius 3 is 2.75 bits per heavy atom. The second-order valence-electron chi connectivity index (χ2n) is 5.76. The van der Waals surface area contributed by atoms with Gasteiger partial charge in [0.1, 0.15) is 0 Å². The lowest BCUT2D eigenvalue weighted by molar-refractivity contribution is 0.395. The van der Waals surface area contributed by atoms with Gasteiger partial charge < -0.3 is 5.73 Å². The van der Waals surface area contributed by atoms with Gasteiger partial charge in [-0.3, -0.25) is 0 Å². The zero-order valence-corrected chi connectivity index (χ0v) is 12.6. The molecule has 2 atom stereocenters. The summed E-state index contributed by atoms with van der Waals surface area (Å²) in [7, 11) is 0. The first-order valence-electron chi connectivity index (χ1n) is 7.58. The van der Waals surface area contributed by atoms with E-state index in [1.165, 1.54) is 42.7 Å². The fourth-order valence-electron chi connectivity index (χ4n) is 3.04. The van der Waals surface area contributed by atoms with E-state index in [4.69, 9.17) is 10.7 Å². The third-order valence-corrected chi connectivity index (χ3v) is 5.15. The van der Waals surface area contributed by atoms with Crippen molar-refractivity contribution >= 4 is 11.3 Å². The Morgan fingerprint density at radius 2 is 1.90 bits per heavy atom. The zero-order chi connectivity index (χ0) is 13.8. The van der Waals surface area contributed by atoms with E-state index in [9.17, 15) is 0 Å². The summed E-state index contributed by atoms with van der Waals surface area (Å²) in [5, 5.41) is 3.42. The van der Waals surface area contributed by atoms with Crippen LogP contribution in [-0.4, -0.2) is 11.0 Å². The number of rotatable bonds is 3. The second-order valence-corrected chi connectivity index (χ2v) is 6.70. The monoisotopic (exact) mass is 286 g/mol. The predicted molar refractivity (Wildman–Crippen MR) is 85.8 cm³/mol. The maximum absolute atomic E-state index is 6.32. The molecule has 1 saturated carbocycles. The van der Waals surface area contributed by atoms with Gasteiger partial charge in [-0.15, -0.1) is 11.3 Å². The van der Waals surface area contributed by atoms with Gasteiger partial charge in [0.2, 0.25) is 0 Å². The van der Waals surface area contributed by atoms with Crippen molar-refractivity contribution in [2.45, 2.75) is 44.6 Å². The van der Waals surface area contributed by atoms with E-state index < -0.39 is 0 Å². The van der Waals surface area contributed by atoms with Gasteiger partial charge in [0.05, 0.1) is 10.7 Å². The number of benzene rings is 1. The van der Waals surface area contributed by atoms with Crippen LogP contribution in [0.15, 0.2) is 35.7 Å². The fourth-order valence-corrected chi connectivity index (χ4v) is 3.93. The van der Waals surface area contributed by atoms with Gasteiger partial charge in [0.15, 0.2) is 0 Å². The van der Waals surface area contributed by atoms with Gasteiger partial charge in [0.25, 0.3) is 0 Å². The SMILES string of the molecule is NC1CCCCCC1Cc1nc(-c2ccccc2)cs1. The Kier molecular flexibility index (Phi) is 4.48. The maximum atomic E-state index is 6.32. The molecule has 0 amide bonds. The van der Waals surface area contributed by atoms with E-state index in [0.29, 0.717) is 12.0 Å². The van der Waals surface area contributed by atoms with Crippen LogP contribution < -0.4 is 5.73 Å². The van der Waals surface area contributed by atoms with Gasteiger partial charge in [0, 0.05) is 23.4 Å². The van der Waals surface area contributed by atoms with Gasteiger partial charge in [-0.25, -0.2) is 4.98 Å². The van der Waals surface area contributed by atoms with Gasteiger partial charge in [-0.05, 0) is 18.8 Å². The minimum absolute atomic E-state index is 0.363. The highest BCUT2D eigenvalue weighted by Crippen LogP contribution is 2.28. The molecular formula is C17H22N2S. The first-order valence-corrected chi connectivity index (χ1v) is 8.46. The average molecular weight is 286 g/mol. The molecule has 0 aliphatic heterocycles. The summed E-state index contributed by atoms with van der Waals surface area (Å²) < 4.78 is 0.